The van der Waals surface area contributed by atoms with E-state index in [0.29, 0.717) is 61.8 Å². The van der Waals surface area contributed by atoms with Crippen molar-refractivity contribution in [3.63, 3.8) is 0 Å². The average molecular weight is 1010 g/mol. The molecule has 356 valence electrons. The third-order valence-electron chi connectivity index (χ3n) is 11.2. The molecule has 6 aromatic rings. The number of rotatable bonds is 16. The minimum Gasteiger partial charge on any atom is -0.481 e. The molecule has 5 N–H and O–H groups in total. The van der Waals surface area contributed by atoms with Gasteiger partial charge < -0.3 is 25.9 Å². The molecule has 0 bridgehead atoms. The molecule has 3 heterocycles. The number of nitrogen functional groups attached to an aromatic ring is 1. The number of nitrogens with zero attached hydrogens (tertiary/aromatic N) is 4. The highest BCUT2D eigenvalue weighted by Crippen LogP contribution is 2.29. The Hall–Kier alpha value is -6.55. The van der Waals surface area contributed by atoms with Crippen LogP contribution >= 0.6 is 46.4 Å². The summed E-state index contributed by atoms with van der Waals surface area (Å²) >= 11 is 24.5. The molecular weight excluding hydrogens is 964 g/mol. The number of H-pyrrole nitrogens is 1. The molecule has 1 saturated heterocycles. The number of amides is 1. The van der Waals surface area contributed by atoms with Crippen LogP contribution in [0.1, 0.15) is 64.5 Å². The summed E-state index contributed by atoms with van der Waals surface area (Å²) in [6.07, 6.45) is 6.82. The van der Waals surface area contributed by atoms with Crippen LogP contribution in [0, 0.1) is 5.92 Å². The van der Waals surface area contributed by atoms with Gasteiger partial charge in [-0.05, 0) is 98.3 Å². The van der Waals surface area contributed by atoms with Crippen LogP contribution in [0.5, 0.6) is 0 Å². The fourth-order valence-corrected chi connectivity index (χ4v) is 8.05. The number of carbonyl (C=O) groups excluding carboxylic acids is 4. The van der Waals surface area contributed by atoms with Gasteiger partial charge in [0.25, 0.3) is 5.56 Å². The van der Waals surface area contributed by atoms with Gasteiger partial charge in [0.1, 0.15) is 5.78 Å². The standard InChI is InChI=1S/C29H24Cl4N2O2.C22H23N5O5/c1-34-27(15-18-5-3-2-4-6-18)29(37)35-16-21(11-19-7-9-23(30)25(32)13-19)28(36)22(17-35)12-20-8-10-24(31)26(33)14-20;1-12(28)2-6-15(21(31)32)10-17(29)14-7-3-13(4-8-14)5-9-16-11-24-18-19(25-16)26-22(23)27-20(18)30/h2-14,27,34H,15-17H2,1H3;3-4,7-8,11,15H,2,5-6,9-10H2,1H3,(H,31,32)(H3,23,25,26,27,30)/b21-11+,22-12+;/t27-;15-/m11/s1. The van der Waals surface area contributed by atoms with E-state index in [1.165, 1.54) is 13.1 Å². The molecule has 4 aromatic carbocycles. The molecular formula is C51H47Cl4N7O7. The van der Waals surface area contributed by atoms with Crippen molar-refractivity contribution in [2.45, 2.75) is 51.5 Å². The van der Waals surface area contributed by atoms with Crippen molar-refractivity contribution in [3.05, 3.63) is 172 Å². The van der Waals surface area contributed by atoms with E-state index >= 15 is 0 Å². The van der Waals surface area contributed by atoms with Crippen LogP contribution in [0.15, 0.2) is 113 Å². The minimum absolute atomic E-state index is 0.0272. The van der Waals surface area contributed by atoms with Gasteiger partial charge in [0.05, 0.1) is 37.7 Å². The lowest BCUT2D eigenvalue weighted by molar-refractivity contribution is -0.142. The summed E-state index contributed by atoms with van der Waals surface area (Å²) in [7, 11) is 1.76. The molecule has 69 heavy (non-hydrogen) atoms. The van der Waals surface area contributed by atoms with E-state index in [1.807, 2.05) is 30.3 Å². The number of piperidine rings is 1. The molecule has 7 rings (SSSR count). The quantitative estimate of drug-likeness (QED) is 0.0529. The Morgan fingerprint density at radius 1 is 0.812 bits per heavy atom. The largest absolute Gasteiger partial charge is 0.481 e. The second-order valence-corrected chi connectivity index (χ2v) is 18.0. The Morgan fingerprint density at radius 2 is 1.42 bits per heavy atom. The fraction of sp³-hybridized carbons (Fsp3) is 0.235. The zero-order valence-corrected chi connectivity index (χ0v) is 40.5. The fourth-order valence-electron chi connectivity index (χ4n) is 7.44. The molecule has 2 aromatic heterocycles. The van der Waals surface area contributed by atoms with Gasteiger partial charge in [0.15, 0.2) is 22.7 Å². The van der Waals surface area contributed by atoms with Crippen molar-refractivity contribution >= 4 is 105 Å². The van der Waals surface area contributed by atoms with E-state index in [1.54, 1.807) is 84.8 Å². The molecule has 0 radical (unpaired) electrons. The topological polar surface area (TPSA) is 218 Å². The number of carboxylic acid groups (broad SMARTS) is 1. The van der Waals surface area contributed by atoms with Gasteiger partial charge >= 0.3 is 5.97 Å². The minimum atomic E-state index is -1.08. The maximum Gasteiger partial charge on any atom is 0.306 e. The molecule has 0 aliphatic carbocycles. The number of carboxylic acids is 1. The Kier molecular flexibility index (Phi) is 18.1. The van der Waals surface area contributed by atoms with Crippen LogP contribution in [-0.4, -0.2) is 85.3 Å². The van der Waals surface area contributed by atoms with E-state index in [0.717, 1.165) is 22.3 Å². The number of aryl methyl sites for hydroxylation is 2. The summed E-state index contributed by atoms with van der Waals surface area (Å²) in [5.41, 5.74) is 10.8. The lowest BCUT2D eigenvalue weighted by Crippen LogP contribution is -2.50. The monoisotopic (exact) mass is 1010 g/mol. The number of likely N-dealkylation sites (tertiary alicyclic amines) is 1. The van der Waals surface area contributed by atoms with Crippen LogP contribution in [0.3, 0.4) is 0 Å². The van der Waals surface area contributed by atoms with Crippen molar-refractivity contribution in [1.29, 1.82) is 0 Å². The lowest BCUT2D eigenvalue weighted by Gasteiger charge is -2.33. The van der Waals surface area contributed by atoms with E-state index in [9.17, 15) is 33.9 Å². The Labute approximate surface area is 417 Å². The number of nitrogens with one attached hydrogen (secondary N) is 2. The SMILES string of the molecule is CC(=O)CC[C@H](CC(=O)c1ccc(CCc2cnc3c(=O)[nH]c(N)nc3n2)cc1)C(=O)O.CN[C@H](Cc1ccccc1)C(=O)N1C/C(=C\c2ccc(Cl)c(Cl)c2)C(=O)/C(=C/c2ccc(Cl)c(Cl)c2)C1. The Balaban J connectivity index is 0.000000229. The van der Waals surface area contributed by atoms with Crippen molar-refractivity contribution < 1.29 is 29.1 Å². The summed E-state index contributed by atoms with van der Waals surface area (Å²) in [6.45, 7) is 1.74. The first-order valence-electron chi connectivity index (χ1n) is 21.7. The van der Waals surface area contributed by atoms with E-state index < -0.39 is 23.5 Å². The molecule has 1 fully saturated rings. The number of aromatic nitrogens is 4. The summed E-state index contributed by atoms with van der Waals surface area (Å²) < 4.78 is 0. The number of aliphatic carboxylic acids is 1. The summed E-state index contributed by atoms with van der Waals surface area (Å²) in [6, 6.07) is 26.6. The number of ketones is 3. The molecule has 1 aliphatic heterocycles. The number of hydrogen-bond acceptors (Lipinski definition) is 11. The molecule has 1 amide bonds. The van der Waals surface area contributed by atoms with Gasteiger partial charge in [-0.25, -0.2) is 9.97 Å². The van der Waals surface area contributed by atoms with Crippen LogP contribution in [0.2, 0.25) is 20.1 Å². The average Bonchev–Trinajstić information content (AvgIpc) is 3.32. The number of aromatic amines is 1. The van der Waals surface area contributed by atoms with Crippen molar-refractivity contribution in [1.82, 2.24) is 30.2 Å². The van der Waals surface area contributed by atoms with Crippen LogP contribution in [-0.2, 0) is 38.4 Å². The molecule has 0 spiro atoms. The number of benzene rings is 4. The number of nitrogens with two attached hydrogens (primary N) is 1. The first kappa shape index (κ1) is 51.8. The maximum atomic E-state index is 13.7. The first-order valence-corrected chi connectivity index (χ1v) is 23.2. The zero-order chi connectivity index (χ0) is 49.8. The number of Topliss-reactive ketones (excluding diaryl/α,β-unsaturated/α-hetero) is 3. The van der Waals surface area contributed by atoms with Crippen molar-refractivity contribution in [3.8, 4) is 0 Å². The van der Waals surface area contributed by atoms with Gasteiger partial charge in [0.2, 0.25) is 11.9 Å². The van der Waals surface area contributed by atoms with E-state index in [-0.39, 0.29) is 72.7 Å². The third kappa shape index (κ3) is 14.5. The number of fused-ring (bicyclic) bond motifs is 1. The van der Waals surface area contributed by atoms with Gasteiger partial charge in [-0.15, -0.1) is 0 Å². The number of carbonyl (C=O) groups is 5. The second-order valence-electron chi connectivity index (χ2n) is 16.3. The van der Waals surface area contributed by atoms with Gasteiger partial charge in [0, 0.05) is 48.8 Å². The third-order valence-corrected chi connectivity index (χ3v) is 12.7. The smallest absolute Gasteiger partial charge is 0.306 e. The number of hydrogen-bond donors (Lipinski definition) is 4. The molecule has 0 unspecified atom stereocenters. The number of halogens is 4. The van der Waals surface area contributed by atoms with E-state index in [4.69, 9.17) is 52.1 Å². The molecule has 14 nitrogen and oxygen atoms in total. The summed E-state index contributed by atoms with van der Waals surface area (Å²) in [4.78, 5) is 90.4. The van der Waals surface area contributed by atoms with Crippen LogP contribution < -0.4 is 16.6 Å². The van der Waals surface area contributed by atoms with Crippen LogP contribution in [0.4, 0.5) is 5.95 Å². The van der Waals surface area contributed by atoms with Crippen molar-refractivity contribution in [2.75, 3.05) is 25.9 Å². The molecule has 18 heteroatoms. The van der Waals surface area contributed by atoms with Gasteiger partial charge in [-0.1, -0.05) is 113 Å². The van der Waals surface area contributed by atoms with Gasteiger partial charge in [-0.2, -0.15) is 4.98 Å². The molecule has 2 atom stereocenters. The highest BCUT2D eigenvalue weighted by molar-refractivity contribution is 6.42. The predicted molar refractivity (Wildman–Crippen MR) is 270 cm³/mol. The van der Waals surface area contributed by atoms with Crippen LogP contribution in [0.25, 0.3) is 23.3 Å². The lowest BCUT2D eigenvalue weighted by atomic mass is 9.93. The highest BCUT2D eigenvalue weighted by atomic mass is 35.5. The van der Waals surface area contributed by atoms with E-state index in [2.05, 4.69) is 25.3 Å². The Morgan fingerprint density at radius 3 is 1.97 bits per heavy atom. The number of anilines is 1. The second kappa shape index (κ2) is 24.1. The van der Waals surface area contributed by atoms with Crippen molar-refractivity contribution in [2.24, 2.45) is 5.92 Å². The first-order chi connectivity index (χ1) is 33.0. The maximum absolute atomic E-state index is 13.7. The van der Waals surface area contributed by atoms with Gasteiger partial charge in [-0.3, -0.25) is 29.0 Å². The molecule has 1 aliphatic rings. The normalized spacial score (nSPS) is 14.6. The predicted octanol–water partition coefficient (Wildman–Crippen LogP) is 8.73. The summed E-state index contributed by atoms with van der Waals surface area (Å²) in [5.74, 6) is -2.61. The molecule has 0 saturated carbocycles. The zero-order valence-electron chi connectivity index (χ0n) is 37.5. The number of likely N-dealkylation sites (N-methyl/N-ethyl adjacent to an activating group) is 1. The highest BCUT2D eigenvalue weighted by Gasteiger charge is 2.32. The Bertz CT molecular complexity index is 2940. The summed E-state index contributed by atoms with van der Waals surface area (Å²) in [5, 5.41) is 14.1.